The molecule has 0 amide bonds. The minimum absolute atomic E-state index is 0.0270. The SMILES string of the molecule is CCC(C)C(=O)c1ccc(C)cc1C(C)=O. The summed E-state index contributed by atoms with van der Waals surface area (Å²) in [5, 5.41) is 0. The standard InChI is InChI=1S/C14H18O2/c1-5-10(3)14(16)12-7-6-9(2)8-13(12)11(4)15/h6-8,10H,5H2,1-4H3. The fourth-order valence-corrected chi connectivity index (χ4v) is 1.62. The highest BCUT2D eigenvalue weighted by Crippen LogP contribution is 2.18. The van der Waals surface area contributed by atoms with Crippen molar-refractivity contribution in [2.45, 2.75) is 34.1 Å². The van der Waals surface area contributed by atoms with Crippen molar-refractivity contribution in [2.75, 3.05) is 0 Å². The van der Waals surface area contributed by atoms with E-state index in [2.05, 4.69) is 0 Å². The molecule has 0 N–H and O–H groups in total. The lowest BCUT2D eigenvalue weighted by Gasteiger charge is -2.11. The summed E-state index contributed by atoms with van der Waals surface area (Å²) in [5.74, 6) is -0.0103. The molecule has 1 aromatic carbocycles. The zero-order valence-corrected chi connectivity index (χ0v) is 10.3. The second kappa shape index (κ2) is 5.06. The number of carbonyl (C=O) groups is 2. The maximum atomic E-state index is 12.1. The number of carbonyl (C=O) groups excluding carboxylic acids is 2. The van der Waals surface area contributed by atoms with E-state index in [1.54, 1.807) is 12.1 Å². The molecule has 0 aliphatic rings. The highest BCUT2D eigenvalue weighted by Gasteiger charge is 2.18. The van der Waals surface area contributed by atoms with E-state index in [4.69, 9.17) is 0 Å². The molecule has 0 saturated heterocycles. The van der Waals surface area contributed by atoms with Crippen LogP contribution in [0.15, 0.2) is 18.2 Å². The van der Waals surface area contributed by atoms with Gasteiger partial charge in [-0.15, -0.1) is 0 Å². The van der Waals surface area contributed by atoms with Gasteiger partial charge in [-0.3, -0.25) is 9.59 Å². The van der Waals surface area contributed by atoms with E-state index in [-0.39, 0.29) is 17.5 Å². The van der Waals surface area contributed by atoms with Crippen molar-refractivity contribution >= 4 is 11.6 Å². The molecule has 0 aliphatic carbocycles. The van der Waals surface area contributed by atoms with E-state index >= 15 is 0 Å². The van der Waals surface area contributed by atoms with Crippen LogP contribution in [-0.4, -0.2) is 11.6 Å². The van der Waals surface area contributed by atoms with E-state index in [1.165, 1.54) is 6.92 Å². The highest BCUT2D eigenvalue weighted by molar-refractivity contribution is 6.08. The van der Waals surface area contributed by atoms with Gasteiger partial charge in [-0.2, -0.15) is 0 Å². The van der Waals surface area contributed by atoms with Crippen molar-refractivity contribution in [1.29, 1.82) is 0 Å². The topological polar surface area (TPSA) is 34.1 Å². The number of Topliss-reactive ketones (excluding diaryl/α,β-unsaturated/α-hetero) is 2. The Morgan fingerprint density at radius 2 is 1.88 bits per heavy atom. The van der Waals surface area contributed by atoms with E-state index < -0.39 is 0 Å². The van der Waals surface area contributed by atoms with E-state index in [9.17, 15) is 9.59 Å². The summed E-state index contributed by atoms with van der Waals surface area (Å²) in [6, 6.07) is 5.43. The number of hydrogen-bond acceptors (Lipinski definition) is 2. The predicted molar refractivity (Wildman–Crippen MR) is 65.0 cm³/mol. The lowest BCUT2D eigenvalue weighted by Crippen LogP contribution is -2.14. The van der Waals surface area contributed by atoms with Crippen LogP contribution < -0.4 is 0 Å². The molecule has 86 valence electrons. The molecule has 0 aliphatic heterocycles. The van der Waals surface area contributed by atoms with Crippen LogP contribution >= 0.6 is 0 Å². The lowest BCUT2D eigenvalue weighted by atomic mass is 9.91. The zero-order chi connectivity index (χ0) is 12.3. The molecular weight excluding hydrogens is 200 g/mol. The van der Waals surface area contributed by atoms with Crippen molar-refractivity contribution < 1.29 is 9.59 Å². The number of hydrogen-bond donors (Lipinski definition) is 0. The Balaban J connectivity index is 3.23. The zero-order valence-electron chi connectivity index (χ0n) is 10.3. The molecule has 1 atom stereocenters. The summed E-state index contributed by atoms with van der Waals surface area (Å²) in [4.78, 5) is 23.5. The van der Waals surface area contributed by atoms with Crippen LogP contribution in [0.3, 0.4) is 0 Å². The van der Waals surface area contributed by atoms with E-state index in [1.807, 2.05) is 26.8 Å². The van der Waals surface area contributed by atoms with Crippen LogP contribution in [0.1, 0.15) is 53.5 Å². The molecule has 2 heteroatoms. The Labute approximate surface area is 96.7 Å². The van der Waals surface area contributed by atoms with Crippen LogP contribution in [0, 0.1) is 12.8 Å². The Hall–Kier alpha value is -1.44. The molecule has 16 heavy (non-hydrogen) atoms. The van der Waals surface area contributed by atoms with Gasteiger partial charge in [0.15, 0.2) is 11.6 Å². The van der Waals surface area contributed by atoms with Crippen LogP contribution in [0.25, 0.3) is 0 Å². The summed E-state index contributed by atoms with van der Waals surface area (Å²) in [6.07, 6.45) is 0.796. The van der Waals surface area contributed by atoms with Gasteiger partial charge in [-0.1, -0.05) is 31.5 Å². The molecule has 1 unspecified atom stereocenters. The molecule has 0 radical (unpaired) electrons. The van der Waals surface area contributed by atoms with Crippen molar-refractivity contribution in [1.82, 2.24) is 0 Å². The third-order valence-electron chi connectivity index (χ3n) is 2.88. The van der Waals surface area contributed by atoms with Crippen molar-refractivity contribution in [3.05, 3.63) is 34.9 Å². The van der Waals surface area contributed by atoms with Gasteiger partial charge in [0.2, 0.25) is 0 Å². The second-order valence-corrected chi connectivity index (χ2v) is 4.28. The Kier molecular flexibility index (Phi) is 3.99. The van der Waals surface area contributed by atoms with Gasteiger partial charge in [0.05, 0.1) is 0 Å². The Bertz CT molecular complexity index is 419. The van der Waals surface area contributed by atoms with E-state index in [0.29, 0.717) is 11.1 Å². The highest BCUT2D eigenvalue weighted by atomic mass is 16.1. The number of rotatable bonds is 4. The van der Waals surface area contributed by atoms with Gasteiger partial charge in [0.25, 0.3) is 0 Å². The monoisotopic (exact) mass is 218 g/mol. The third kappa shape index (κ3) is 2.57. The fourth-order valence-electron chi connectivity index (χ4n) is 1.62. The van der Waals surface area contributed by atoms with Crippen LogP contribution in [0.2, 0.25) is 0 Å². The largest absolute Gasteiger partial charge is 0.294 e. The average molecular weight is 218 g/mol. The molecular formula is C14H18O2. The number of ketones is 2. The maximum absolute atomic E-state index is 12.1. The first kappa shape index (κ1) is 12.6. The summed E-state index contributed by atoms with van der Waals surface area (Å²) in [6.45, 7) is 7.29. The number of aryl methyl sites for hydroxylation is 1. The van der Waals surface area contributed by atoms with Gasteiger partial charge in [0, 0.05) is 17.0 Å². The lowest BCUT2D eigenvalue weighted by molar-refractivity contribution is 0.0916. The normalized spacial score (nSPS) is 12.2. The molecule has 1 aromatic rings. The third-order valence-corrected chi connectivity index (χ3v) is 2.88. The Morgan fingerprint density at radius 1 is 1.25 bits per heavy atom. The molecule has 0 aromatic heterocycles. The average Bonchev–Trinajstić information content (AvgIpc) is 2.26. The van der Waals surface area contributed by atoms with Gasteiger partial charge in [-0.05, 0) is 26.3 Å². The molecule has 0 heterocycles. The Morgan fingerprint density at radius 3 is 2.38 bits per heavy atom. The first-order chi connectivity index (χ1) is 7.47. The molecule has 0 saturated carbocycles. The van der Waals surface area contributed by atoms with Crippen LogP contribution in [-0.2, 0) is 0 Å². The molecule has 2 nitrogen and oxygen atoms in total. The summed E-state index contributed by atoms with van der Waals surface area (Å²) in [5.41, 5.74) is 2.11. The van der Waals surface area contributed by atoms with Crippen molar-refractivity contribution in [3.8, 4) is 0 Å². The fraction of sp³-hybridized carbons (Fsp3) is 0.429. The van der Waals surface area contributed by atoms with Gasteiger partial charge in [0.1, 0.15) is 0 Å². The van der Waals surface area contributed by atoms with Crippen LogP contribution in [0.5, 0.6) is 0 Å². The molecule has 0 spiro atoms. The second-order valence-electron chi connectivity index (χ2n) is 4.28. The van der Waals surface area contributed by atoms with Gasteiger partial charge in [-0.25, -0.2) is 0 Å². The minimum Gasteiger partial charge on any atom is -0.294 e. The first-order valence-electron chi connectivity index (χ1n) is 5.63. The minimum atomic E-state index is -0.0460. The van der Waals surface area contributed by atoms with E-state index in [0.717, 1.165) is 12.0 Å². The maximum Gasteiger partial charge on any atom is 0.166 e. The summed E-state index contributed by atoms with van der Waals surface area (Å²) < 4.78 is 0. The van der Waals surface area contributed by atoms with Gasteiger partial charge < -0.3 is 0 Å². The first-order valence-corrected chi connectivity index (χ1v) is 5.63. The summed E-state index contributed by atoms with van der Waals surface area (Å²) in [7, 11) is 0. The molecule has 0 fully saturated rings. The molecule has 1 rings (SSSR count). The quantitative estimate of drug-likeness (QED) is 0.725. The number of benzene rings is 1. The predicted octanol–water partition coefficient (Wildman–Crippen LogP) is 3.43. The molecule has 0 bridgehead atoms. The van der Waals surface area contributed by atoms with Crippen LogP contribution in [0.4, 0.5) is 0 Å². The van der Waals surface area contributed by atoms with Gasteiger partial charge >= 0.3 is 0 Å². The van der Waals surface area contributed by atoms with Crippen molar-refractivity contribution in [3.63, 3.8) is 0 Å². The summed E-state index contributed by atoms with van der Waals surface area (Å²) >= 11 is 0. The smallest absolute Gasteiger partial charge is 0.166 e. The van der Waals surface area contributed by atoms with Crippen molar-refractivity contribution in [2.24, 2.45) is 5.92 Å².